The molecule has 106 valence electrons. The lowest BCUT2D eigenvalue weighted by atomic mass is 10.1. The van der Waals surface area contributed by atoms with Crippen molar-refractivity contribution in [2.45, 2.75) is 26.8 Å². The van der Waals surface area contributed by atoms with Gasteiger partial charge in [-0.05, 0) is 31.0 Å². The topological polar surface area (TPSA) is 92.8 Å². The number of benzene rings is 1. The molecule has 0 spiro atoms. The summed E-state index contributed by atoms with van der Waals surface area (Å²) in [6.45, 7) is 4.63. The lowest BCUT2D eigenvalue weighted by Gasteiger charge is -2.10. The Morgan fingerprint density at radius 2 is 2.25 bits per heavy atom. The van der Waals surface area contributed by atoms with Crippen LogP contribution in [0.3, 0.4) is 0 Å². The van der Waals surface area contributed by atoms with Crippen molar-refractivity contribution >= 4 is 5.91 Å². The van der Waals surface area contributed by atoms with Crippen LogP contribution in [0.25, 0.3) is 0 Å². The normalized spacial score (nSPS) is 10.3. The second-order valence-electron chi connectivity index (χ2n) is 4.40. The van der Waals surface area contributed by atoms with Gasteiger partial charge in [0, 0.05) is 0 Å². The average molecular weight is 275 g/mol. The molecule has 0 fully saturated rings. The molecule has 0 saturated heterocycles. The zero-order valence-electron chi connectivity index (χ0n) is 11.5. The van der Waals surface area contributed by atoms with Crippen molar-refractivity contribution in [2.75, 3.05) is 6.61 Å². The summed E-state index contributed by atoms with van der Waals surface area (Å²) in [5.74, 6) is 1.16. The zero-order chi connectivity index (χ0) is 14.4. The maximum atomic E-state index is 11.6. The van der Waals surface area contributed by atoms with Gasteiger partial charge in [0.15, 0.2) is 5.82 Å². The molecule has 7 heteroatoms. The number of nitrogens with zero attached hydrogens (tertiary/aromatic N) is 3. The first kappa shape index (κ1) is 14.0. The Labute approximate surface area is 116 Å². The smallest absolute Gasteiger partial charge is 0.223 e. The van der Waals surface area contributed by atoms with E-state index in [0.29, 0.717) is 12.4 Å². The van der Waals surface area contributed by atoms with Gasteiger partial charge in [0.2, 0.25) is 5.91 Å². The van der Waals surface area contributed by atoms with Gasteiger partial charge in [-0.3, -0.25) is 4.79 Å². The molecule has 0 atom stereocenters. The molecule has 0 unspecified atom stereocenters. The van der Waals surface area contributed by atoms with Crippen molar-refractivity contribution in [1.82, 2.24) is 25.9 Å². The van der Waals surface area contributed by atoms with Crippen LogP contribution in [0.4, 0.5) is 0 Å². The minimum Gasteiger partial charge on any atom is -0.493 e. The van der Waals surface area contributed by atoms with Crippen molar-refractivity contribution in [2.24, 2.45) is 0 Å². The minimum absolute atomic E-state index is 0.111. The number of nitrogens with one attached hydrogen (secondary N) is 2. The lowest BCUT2D eigenvalue weighted by molar-refractivity contribution is -0.121. The monoisotopic (exact) mass is 275 g/mol. The third kappa shape index (κ3) is 3.78. The molecule has 1 aromatic carbocycles. The third-order valence-electron chi connectivity index (χ3n) is 2.97. The average Bonchev–Trinajstić information content (AvgIpc) is 2.94. The molecule has 2 aromatic rings. The van der Waals surface area contributed by atoms with Crippen LogP contribution in [0.1, 0.15) is 23.4 Å². The molecular formula is C13H17N5O2. The Bertz CT molecular complexity index is 568. The Kier molecular flexibility index (Phi) is 4.65. The summed E-state index contributed by atoms with van der Waals surface area (Å²) in [6.07, 6.45) is 0.283. The molecule has 0 bridgehead atoms. The van der Waals surface area contributed by atoms with Gasteiger partial charge >= 0.3 is 0 Å². The number of carbonyl (C=O) groups is 1. The first-order chi connectivity index (χ1) is 9.66. The van der Waals surface area contributed by atoms with Crippen LogP contribution >= 0.6 is 0 Å². The summed E-state index contributed by atoms with van der Waals surface area (Å²) < 4.78 is 5.61. The molecule has 1 aromatic heterocycles. The number of ether oxygens (including phenoxy) is 1. The number of tetrazole rings is 1. The number of hydrogen-bond acceptors (Lipinski definition) is 5. The fourth-order valence-corrected chi connectivity index (χ4v) is 1.66. The molecule has 0 aliphatic rings. The van der Waals surface area contributed by atoms with Crippen LogP contribution in [0.15, 0.2) is 18.2 Å². The van der Waals surface area contributed by atoms with E-state index in [1.807, 2.05) is 32.0 Å². The van der Waals surface area contributed by atoms with E-state index in [1.54, 1.807) is 0 Å². The highest BCUT2D eigenvalue weighted by molar-refractivity contribution is 5.75. The van der Waals surface area contributed by atoms with Gasteiger partial charge in [0.25, 0.3) is 0 Å². The van der Waals surface area contributed by atoms with Crippen LogP contribution in [0.5, 0.6) is 5.75 Å². The van der Waals surface area contributed by atoms with E-state index >= 15 is 0 Å². The number of H-pyrrole nitrogens is 1. The predicted octanol–water partition coefficient (Wildman–Crippen LogP) is 0.902. The maximum absolute atomic E-state index is 11.6. The molecular weight excluding hydrogens is 258 g/mol. The SMILES string of the molecule is Cc1cccc(OCCC(=O)NCc2nn[nH]n2)c1C. The van der Waals surface area contributed by atoms with E-state index in [-0.39, 0.29) is 18.9 Å². The van der Waals surface area contributed by atoms with Crippen molar-refractivity contribution in [3.63, 3.8) is 0 Å². The fourth-order valence-electron chi connectivity index (χ4n) is 1.66. The molecule has 2 rings (SSSR count). The van der Waals surface area contributed by atoms with E-state index in [2.05, 4.69) is 25.9 Å². The molecule has 20 heavy (non-hydrogen) atoms. The van der Waals surface area contributed by atoms with Crippen molar-refractivity contribution in [1.29, 1.82) is 0 Å². The highest BCUT2D eigenvalue weighted by Gasteiger charge is 2.06. The molecule has 0 aliphatic carbocycles. The minimum atomic E-state index is -0.111. The standard InChI is InChI=1S/C13H17N5O2/c1-9-4-3-5-11(10(9)2)20-7-6-13(19)14-8-12-15-17-18-16-12/h3-5H,6-8H2,1-2H3,(H,14,19)(H,15,16,17,18). The Hall–Kier alpha value is -2.44. The quantitative estimate of drug-likeness (QED) is 0.817. The summed E-state index contributed by atoms with van der Waals surface area (Å²) in [6, 6.07) is 5.87. The fraction of sp³-hybridized carbons (Fsp3) is 0.385. The van der Waals surface area contributed by atoms with Gasteiger partial charge in [-0.25, -0.2) is 0 Å². The van der Waals surface area contributed by atoms with E-state index in [4.69, 9.17) is 4.74 Å². The summed E-state index contributed by atoms with van der Waals surface area (Å²) in [5, 5.41) is 15.9. The Morgan fingerprint density at radius 1 is 1.40 bits per heavy atom. The second kappa shape index (κ2) is 6.65. The molecule has 7 nitrogen and oxygen atoms in total. The molecule has 1 amide bonds. The first-order valence-electron chi connectivity index (χ1n) is 6.35. The van der Waals surface area contributed by atoms with Gasteiger partial charge in [0.1, 0.15) is 5.75 Å². The number of aryl methyl sites for hydroxylation is 1. The van der Waals surface area contributed by atoms with Crippen molar-refractivity contribution in [3.05, 3.63) is 35.2 Å². The van der Waals surface area contributed by atoms with E-state index < -0.39 is 0 Å². The number of rotatable bonds is 6. The lowest BCUT2D eigenvalue weighted by Crippen LogP contribution is -2.25. The Balaban J connectivity index is 1.72. The summed E-state index contributed by atoms with van der Waals surface area (Å²) >= 11 is 0. The molecule has 0 saturated carbocycles. The van der Waals surface area contributed by atoms with Gasteiger partial charge in [-0.2, -0.15) is 5.21 Å². The summed E-state index contributed by atoms with van der Waals surface area (Å²) in [7, 11) is 0. The van der Waals surface area contributed by atoms with E-state index in [1.165, 1.54) is 5.56 Å². The van der Waals surface area contributed by atoms with Gasteiger partial charge in [0.05, 0.1) is 19.6 Å². The highest BCUT2D eigenvalue weighted by Crippen LogP contribution is 2.20. The molecule has 0 radical (unpaired) electrons. The van der Waals surface area contributed by atoms with Gasteiger partial charge in [-0.15, -0.1) is 10.2 Å². The third-order valence-corrected chi connectivity index (χ3v) is 2.97. The van der Waals surface area contributed by atoms with Crippen molar-refractivity contribution < 1.29 is 9.53 Å². The number of hydrogen-bond donors (Lipinski definition) is 2. The largest absolute Gasteiger partial charge is 0.493 e. The Morgan fingerprint density at radius 3 is 3.00 bits per heavy atom. The number of carbonyl (C=O) groups excluding carboxylic acids is 1. The number of aromatic nitrogens is 4. The number of aromatic amines is 1. The number of amides is 1. The second-order valence-corrected chi connectivity index (χ2v) is 4.40. The van der Waals surface area contributed by atoms with Gasteiger partial charge in [-0.1, -0.05) is 17.3 Å². The van der Waals surface area contributed by atoms with Gasteiger partial charge < -0.3 is 10.1 Å². The first-order valence-corrected chi connectivity index (χ1v) is 6.35. The molecule has 0 aliphatic heterocycles. The molecule has 2 N–H and O–H groups in total. The van der Waals surface area contributed by atoms with Crippen LogP contribution in [-0.4, -0.2) is 33.1 Å². The summed E-state index contributed by atoms with van der Waals surface area (Å²) in [4.78, 5) is 11.6. The van der Waals surface area contributed by atoms with E-state index in [0.717, 1.165) is 11.3 Å². The zero-order valence-corrected chi connectivity index (χ0v) is 11.5. The van der Waals surface area contributed by atoms with E-state index in [9.17, 15) is 4.79 Å². The van der Waals surface area contributed by atoms with Crippen LogP contribution < -0.4 is 10.1 Å². The molecule has 1 heterocycles. The summed E-state index contributed by atoms with van der Waals surface area (Å²) in [5.41, 5.74) is 2.27. The maximum Gasteiger partial charge on any atom is 0.223 e. The highest BCUT2D eigenvalue weighted by atomic mass is 16.5. The van der Waals surface area contributed by atoms with Crippen LogP contribution in [-0.2, 0) is 11.3 Å². The van der Waals surface area contributed by atoms with Crippen LogP contribution in [0, 0.1) is 13.8 Å². The van der Waals surface area contributed by atoms with Crippen molar-refractivity contribution in [3.8, 4) is 5.75 Å². The predicted molar refractivity (Wildman–Crippen MR) is 72.1 cm³/mol. The van der Waals surface area contributed by atoms with Crippen LogP contribution in [0.2, 0.25) is 0 Å².